The van der Waals surface area contributed by atoms with Crippen LogP contribution >= 0.6 is 0 Å². The molecule has 1 unspecified atom stereocenters. The Bertz CT molecular complexity index is 562. The van der Waals surface area contributed by atoms with Crippen LogP contribution in [0.1, 0.15) is 19.2 Å². The SMILES string of the molecule is CC(CC(F)(F)F)NCc1nc2ccc(F)cc2[nH]1. The van der Waals surface area contributed by atoms with Crippen molar-refractivity contribution in [3.63, 3.8) is 0 Å². The highest BCUT2D eigenvalue weighted by Crippen LogP contribution is 2.21. The third-order valence-electron chi connectivity index (χ3n) is 2.65. The number of fused-ring (bicyclic) bond motifs is 1. The number of halogens is 4. The molecule has 19 heavy (non-hydrogen) atoms. The Morgan fingerprint density at radius 1 is 1.37 bits per heavy atom. The molecule has 1 aromatic heterocycles. The zero-order chi connectivity index (χ0) is 14.0. The van der Waals surface area contributed by atoms with Gasteiger partial charge in [-0.25, -0.2) is 9.37 Å². The Morgan fingerprint density at radius 3 is 2.79 bits per heavy atom. The van der Waals surface area contributed by atoms with Crippen molar-refractivity contribution in [2.75, 3.05) is 0 Å². The average Bonchev–Trinajstić information content (AvgIpc) is 2.66. The first kappa shape index (κ1) is 13.8. The molecular weight excluding hydrogens is 262 g/mol. The summed E-state index contributed by atoms with van der Waals surface area (Å²) in [5.41, 5.74) is 1.11. The van der Waals surface area contributed by atoms with E-state index in [1.807, 2.05) is 0 Å². The van der Waals surface area contributed by atoms with E-state index >= 15 is 0 Å². The van der Waals surface area contributed by atoms with Crippen LogP contribution < -0.4 is 5.32 Å². The van der Waals surface area contributed by atoms with Gasteiger partial charge in [-0.2, -0.15) is 13.2 Å². The number of aromatic amines is 1. The third kappa shape index (κ3) is 3.92. The Hall–Kier alpha value is -1.63. The number of nitrogens with zero attached hydrogens (tertiary/aromatic N) is 1. The minimum Gasteiger partial charge on any atom is -0.341 e. The van der Waals surface area contributed by atoms with Gasteiger partial charge in [-0.05, 0) is 25.1 Å². The highest BCUT2D eigenvalue weighted by atomic mass is 19.4. The van der Waals surface area contributed by atoms with Gasteiger partial charge < -0.3 is 10.3 Å². The molecule has 1 aromatic carbocycles. The maximum Gasteiger partial charge on any atom is 0.390 e. The van der Waals surface area contributed by atoms with Crippen LogP contribution in [0, 0.1) is 5.82 Å². The monoisotopic (exact) mass is 275 g/mol. The van der Waals surface area contributed by atoms with Crippen molar-refractivity contribution in [2.45, 2.75) is 32.1 Å². The lowest BCUT2D eigenvalue weighted by Gasteiger charge is -2.14. The Labute approximate surface area is 107 Å². The summed E-state index contributed by atoms with van der Waals surface area (Å²) in [6.07, 6.45) is -5.09. The lowest BCUT2D eigenvalue weighted by Crippen LogP contribution is -2.31. The maximum absolute atomic E-state index is 13.0. The summed E-state index contributed by atoms with van der Waals surface area (Å²) < 4.78 is 49.4. The van der Waals surface area contributed by atoms with Crippen LogP contribution in [0.15, 0.2) is 18.2 Å². The summed E-state index contributed by atoms with van der Waals surface area (Å²) in [5.74, 6) is 0.0933. The molecule has 0 amide bonds. The van der Waals surface area contributed by atoms with E-state index in [0.717, 1.165) is 0 Å². The van der Waals surface area contributed by atoms with Gasteiger partial charge in [0.05, 0.1) is 24.0 Å². The highest BCUT2D eigenvalue weighted by Gasteiger charge is 2.29. The standard InChI is InChI=1S/C12H13F4N3/c1-7(5-12(14,15)16)17-6-11-18-9-3-2-8(13)4-10(9)19-11/h2-4,7,17H,5-6H2,1H3,(H,18,19). The van der Waals surface area contributed by atoms with Crippen molar-refractivity contribution in [2.24, 2.45) is 0 Å². The predicted molar refractivity (Wildman–Crippen MR) is 63.0 cm³/mol. The first-order valence-electron chi connectivity index (χ1n) is 5.78. The largest absolute Gasteiger partial charge is 0.390 e. The molecule has 1 atom stereocenters. The molecule has 0 aliphatic rings. The molecule has 3 nitrogen and oxygen atoms in total. The second kappa shape index (κ2) is 5.16. The van der Waals surface area contributed by atoms with E-state index in [9.17, 15) is 17.6 Å². The first-order valence-corrected chi connectivity index (χ1v) is 5.78. The zero-order valence-electron chi connectivity index (χ0n) is 10.2. The second-order valence-electron chi connectivity index (χ2n) is 4.45. The third-order valence-corrected chi connectivity index (χ3v) is 2.65. The van der Waals surface area contributed by atoms with Crippen LogP contribution in [0.3, 0.4) is 0 Å². The average molecular weight is 275 g/mol. The fourth-order valence-corrected chi connectivity index (χ4v) is 1.81. The molecule has 0 radical (unpaired) electrons. The minimum atomic E-state index is -4.19. The molecule has 7 heteroatoms. The van der Waals surface area contributed by atoms with E-state index in [0.29, 0.717) is 16.9 Å². The lowest BCUT2D eigenvalue weighted by molar-refractivity contribution is -0.139. The molecule has 0 spiro atoms. The van der Waals surface area contributed by atoms with Crippen molar-refractivity contribution >= 4 is 11.0 Å². The van der Waals surface area contributed by atoms with Crippen LogP contribution in [-0.2, 0) is 6.54 Å². The van der Waals surface area contributed by atoms with Crippen molar-refractivity contribution in [1.29, 1.82) is 0 Å². The van der Waals surface area contributed by atoms with E-state index in [1.165, 1.54) is 25.1 Å². The number of aromatic nitrogens is 2. The molecule has 0 aliphatic carbocycles. The summed E-state index contributed by atoms with van der Waals surface area (Å²) >= 11 is 0. The molecule has 1 heterocycles. The summed E-state index contributed by atoms with van der Waals surface area (Å²) in [4.78, 5) is 7.02. The van der Waals surface area contributed by atoms with Gasteiger partial charge in [-0.15, -0.1) is 0 Å². The van der Waals surface area contributed by atoms with Gasteiger partial charge in [0.15, 0.2) is 0 Å². The van der Waals surface area contributed by atoms with Gasteiger partial charge in [-0.3, -0.25) is 0 Å². The number of benzene rings is 1. The summed E-state index contributed by atoms with van der Waals surface area (Å²) in [6, 6.07) is 3.39. The quantitative estimate of drug-likeness (QED) is 0.842. The Morgan fingerprint density at radius 2 is 2.11 bits per heavy atom. The highest BCUT2D eigenvalue weighted by molar-refractivity contribution is 5.74. The van der Waals surface area contributed by atoms with Crippen molar-refractivity contribution in [3.8, 4) is 0 Å². The van der Waals surface area contributed by atoms with Crippen LogP contribution in [0.25, 0.3) is 11.0 Å². The molecule has 0 saturated heterocycles. The van der Waals surface area contributed by atoms with Gasteiger partial charge in [0.25, 0.3) is 0 Å². The Balaban J connectivity index is 1.98. The van der Waals surface area contributed by atoms with Crippen LogP contribution in [0.4, 0.5) is 17.6 Å². The van der Waals surface area contributed by atoms with Gasteiger partial charge in [0, 0.05) is 6.04 Å². The van der Waals surface area contributed by atoms with Gasteiger partial charge >= 0.3 is 6.18 Å². The lowest BCUT2D eigenvalue weighted by atomic mass is 10.2. The van der Waals surface area contributed by atoms with Crippen molar-refractivity contribution < 1.29 is 17.6 Å². The number of imidazole rings is 1. The van der Waals surface area contributed by atoms with Crippen LogP contribution in [0.2, 0.25) is 0 Å². The minimum absolute atomic E-state index is 0.174. The fraction of sp³-hybridized carbons (Fsp3) is 0.417. The Kier molecular flexibility index (Phi) is 3.75. The number of alkyl halides is 3. The molecule has 0 fully saturated rings. The normalized spacial score (nSPS) is 13.9. The van der Waals surface area contributed by atoms with E-state index < -0.39 is 18.6 Å². The molecule has 0 bridgehead atoms. The van der Waals surface area contributed by atoms with Gasteiger partial charge in [0.1, 0.15) is 11.6 Å². The van der Waals surface area contributed by atoms with E-state index in [4.69, 9.17) is 0 Å². The number of hydrogen-bond acceptors (Lipinski definition) is 2. The topological polar surface area (TPSA) is 40.7 Å². The van der Waals surface area contributed by atoms with Crippen LogP contribution in [0.5, 0.6) is 0 Å². The van der Waals surface area contributed by atoms with E-state index in [2.05, 4.69) is 15.3 Å². The first-order chi connectivity index (χ1) is 8.83. The molecule has 0 saturated carbocycles. The predicted octanol–water partition coefficient (Wildman–Crippen LogP) is 3.13. The summed E-state index contributed by atoms with van der Waals surface area (Å²) in [7, 11) is 0. The summed E-state index contributed by atoms with van der Waals surface area (Å²) in [5, 5.41) is 2.72. The molecule has 2 aromatic rings. The van der Waals surface area contributed by atoms with Gasteiger partial charge in [-0.1, -0.05) is 0 Å². The van der Waals surface area contributed by atoms with Crippen LogP contribution in [-0.4, -0.2) is 22.2 Å². The molecule has 2 rings (SSSR count). The number of H-pyrrole nitrogens is 1. The molecule has 2 N–H and O–H groups in total. The number of hydrogen-bond donors (Lipinski definition) is 2. The summed E-state index contributed by atoms with van der Waals surface area (Å²) in [6.45, 7) is 1.63. The number of rotatable bonds is 4. The molecule has 104 valence electrons. The van der Waals surface area contributed by atoms with E-state index in [1.54, 1.807) is 0 Å². The maximum atomic E-state index is 13.0. The number of nitrogens with one attached hydrogen (secondary N) is 2. The van der Waals surface area contributed by atoms with Crippen molar-refractivity contribution in [3.05, 3.63) is 29.8 Å². The smallest absolute Gasteiger partial charge is 0.341 e. The van der Waals surface area contributed by atoms with Crippen molar-refractivity contribution in [1.82, 2.24) is 15.3 Å². The molecule has 0 aliphatic heterocycles. The second-order valence-corrected chi connectivity index (χ2v) is 4.45. The van der Waals surface area contributed by atoms with E-state index in [-0.39, 0.29) is 12.4 Å². The zero-order valence-corrected chi connectivity index (χ0v) is 10.2. The van der Waals surface area contributed by atoms with Gasteiger partial charge in [0.2, 0.25) is 0 Å². The molecular formula is C12H13F4N3. The fourth-order valence-electron chi connectivity index (χ4n) is 1.81.